The van der Waals surface area contributed by atoms with Gasteiger partial charge in [-0.05, 0) is 47.7 Å². The molecule has 0 aromatic carbocycles. The van der Waals surface area contributed by atoms with Gasteiger partial charge in [0.15, 0.2) is 5.82 Å². The molecule has 0 saturated heterocycles. The predicted octanol–water partition coefficient (Wildman–Crippen LogP) is 3.47. The van der Waals surface area contributed by atoms with E-state index in [1.165, 1.54) is 0 Å². The zero-order chi connectivity index (χ0) is 20.4. The number of aromatic nitrogens is 3. The van der Waals surface area contributed by atoms with Gasteiger partial charge in [-0.3, -0.25) is 14.3 Å². The average molecular weight is 402 g/mol. The molecule has 0 fully saturated rings. The van der Waals surface area contributed by atoms with Gasteiger partial charge in [-0.15, -0.1) is 11.3 Å². The molecule has 0 spiro atoms. The van der Waals surface area contributed by atoms with E-state index >= 15 is 0 Å². The summed E-state index contributed by atoms with van der Waals surface area (Å²) >= 11 is 1.61. The van der Waals surface area contributed by atoms with Crippen LogP contribution in [0.25, 0.3) is 17.1 Å². The highest BCUT2D eigenvalue weighted by molar-refractivity contribution is 7.09. The van der Waals surface area contributed by atoms with Crippen molar-refractivity contribution in [3.63, 3.8) is 0 Å². The first-order valence-corrected chi connectivity index (χ1v) is 10.2. The third-order valence-electron chi connectivity index (χ3n) is 4.37. The van der Waals surface area contributed by atoms with Crippen LogP contribution in [-0.4, -0.2) is 45.1 Å². The Labute approximate surface area is 169 Å². The largest absolute Gasteiger partial charge is 0.360 e. The zero-order valence-electron chi connectivity index (χ0n) is 17.2. The Hall–Kier alpha value is -2.45. The second-order valence-electron chi connectivity index (χ2n) is 7.44. The molecule has 1 N–H and O–H groups in total. The summed E-state index contributed by atoms with van der Waals surface area (Å²) < 4.78 is 7.30. The van der Waals surface area contributed by atoms with E-state index in [-0.39, 0.29) is 11.9 Å². The van der Waals surface area contributed by atoms with Gasteiger partial charge in [0.1, 0.15) is 10.8 Å². The number of carbonyl (C=O) groups is 1. The van der Waals surface area contributed by atoms with Crippen LogP contribution in [0.5, 0.6) is 0 Å². The fraction of sp³-hybridized carbons (Fsp3) is 0.450. The molecule has 3 heterocycles. The Morgan fingerprint density at radius 1 is 1.32 bits per heavy atom. The van der Waals surface area contributed by atoms with Crippen LogP contribution in [0.4, 0.5) is 0 Å². The highest BCUT2D eigenvalue weighted by Gasteiger charge is 2.17. The van der Waals surface area contributed by atoms with Crippen LogP contribution in [0.2, 0.25) is 0 Å². The summed E-state index contributed by atoms with van der Waals surface area (Å²) in [4.78, 5) is 18.7. The third-order valence-corrected chi connectivity index (χ3v) is 5.21. The Morgan fingerprint density at radius 2 is 2.07 bits per heavy atom. The van der Waals surface area contributed by atoms with Crippen molar-refractivity contribution < 1.29 is 9.32 Å². The smallest absolute Gasteiger partial charge is 0.234 e. The van der Waals surface area contributed by atoms with E-state index in [9.17, 15) is 4.79 Å². The number of aryl methyl sites for hydroxylation is 2. The van der Waals surface area contributed by atoms with E-state index in [4.69, 9.17) is 9.51 Å². The van der Waals surface area contributed by atoms with Gasteiger partial charge in [0.05, 0.1) is 18.8 Å². The molecule has 0 atom stereocenters. The molecule has 3 rings (SSSR count). The third kappa shape index (κ3) is 4.51. The monoisotopic (exact) mass is 401 g/mol. The van der Waals surface area contributed by atoms with Crippen molar-refractivity contribution in [1.29, 1.82) is 0 Å². The molecule has 3 aromatic heterocycles. The summed E-state index contributed by atoms with van der Waals surface area (Å²) in [7, 11) is 1.93. The average Bonchev–Trinajstić information content (AvgIpc) is 3.26. The van der Waals surface area contributed by atoms with E-state index in [0.29, 0.717) is 13.1 Å². The van der Waals surface area contributed by atoms with E-state index in [2.05, 4.69) is 40.3 Å². The number of nitrogens with one attached hydrogen (secondary N) is 1. The Kier molecular flexibility index (Phi) is 6.00. The van der Waals surface area contributed by atoms with Gasteiger partial charge in [-0.1, -0.05) is 5.16 Å². The fourth-order valence-electron chi connectivity index (χ4n) is 3.24. The standard InChI is InChI=1S/C20H27N5O2S/c1-12(2)21-19(26)9-24(6)10-20-22-17(11-28-20)16-7-13(3)25(15(16)5)18-8-14(4)27-23-18/h7-8,11-12H,9-10H2,1-6H3,(H,21,26). The molecular formula is C20H27N5O2S. The highest BCUT2D eigenvalue weighted by Crippen LogP contribution is 2.30. The van der Waals surface area contributed by atoms with Gasteiger partial charge in [0, 0.05) is 34.4 Å². The van der Waals surface area contributed by atoms with Crippen LogP contribution in [0.15, 0.2) is 22.0 Å². The van der Waals surface area contributed by atoms with Gasteiger partial charge in [0.25, 0.3) is 0 Å². The SMILES string of the molecule is Cc1cc(-n2c(C)cc(-c3csc(CN(C)CC(=O)NC(C)C)n3)c2C)no1. The Morgan fingerprint density at radius 3 is 2.71 bits per heavy atom. The van der Waals surface area contributed by atoms with E-state index in [1.807, 2.05) is 38.8 Å². The molecule has 8 heteroatoms. The highest BCUT2D eigenvalue weighted by atomic mass is 32.1. The lowest BCUT2D eigenvalue weighted by Gasteiger charge is -2.16. The van der Waals surface area contributed by atoms with E-state index < -0.39 is 0 Å². The van der Waals surface area contributed by atoms with Crippen LogP contribution >= 0.6 is 11.3 Å². The van der Waals surface area contributed by atoms with Crippen LogP contribution in [-0.2, 0) is 11.3 Å². The van der Waals surface area contributed by atoms with Crippen LogP contribution in [0, 0.1) is 20.8 Å². The van der Waals surface area contributed by atoms with Gasteiger partial charge < -0.3 is 9.84 Å². The molecule has 0 unspecified atom stereocenters. The minimum absolute atomic E-state index is 0.0285. The van der Waals surface area contributed by atoms with Gasteiger partial charge in [-0.2, -0.15) is 0 Å². The van der Waals surface area contributed by atoms with Crippen LogP contribution < -0.4 is 5.32 Å². The number of hydrogen-bond donors (Lipinski definition) is 1. The fourth-order valence-corrected chi connectivity index (χ4v) is 4.11. The van der Waals surface area contributed by atoms with Crippen LogP contribution in [0.3, 0.4) is 0 Å². The van der Waals surface area contributed by atoms with Crippen molar-refractivity contribution in [3.8, 4) is 17.1 Å². The molecule has 7 nitrogen and oxygen atoms in total. The topological polar surface area (TPSA) is 76.2 Å². The van der Waals surface area contributed by atoms with Gasteiger partial charge in [0.2, 0.25) is 5.91 Å². The maximum atomic E-state index is 11.9. The summed E-state index contributed by atoms with van der Waals surface area (Å²) in [6.07, 6.45) is 0. The molecule has 0 radical (unpaired) electrons. The van der Waals surface area contributed by atoms with Crippen molar-refractivity contribution in [3.05, 3.63) is 39.7 Å². The lowest BCUT2D eigenvalue weighted by molar-refractivity contribution is -0.122. The lowest BCUT2D eigenvalue weighted by atomic mass is 10.2. The maximum Gasteiger partial charge on any atom is 0.234 e. The molecule has 0 aliphatic heterocycles. The number of likely N-dealkylation sites (N-methyl/N-ethyl adjacent to an activating group) is 1. The number of hydrogen-bond acceptors (Lipinski definition) is 6. The first kappa shape index (κ1) is 20.3. The molecule has 0 bridgehead atoms. The Bertz CT molecular complexity index is 969. The minimum atomic E-state index is 0.0285. The van der Waals surface area contributed by atoms with Gasteiger partial charge >= 0.3 is 0 Å². The summed E-state index contributed by atoms with van der Waals surface area (Å²) in [5.41, 5.74) is 4.19. The van der Waals surface area contributed by atoms with Crippen molar-refractivity contribution >= 4 is 17.2 Å². The molecule has 0 aliphatic rings. The number of nitrogens with zero attached hydrogens (tertiary/aromatic N) is 4. The number of carbonyl (C=O) groups excluding carboxylic acids is 1. The first-order valence-electron chi connectivity index (χ1n) is 9.30. The minimum Gasteiger partial charge on any atom is -0.360 e. The number of amides is 1. The maximum absolute atomic E-state index is 11.9. The van der Waals surface area contributed by atoms with Crippen LogP contribution in [0.1, 0.15) is 36.0 Å². The quantitative estimate of drug-likeness (QED) is 0.656. The summed E-state index contributed by atoms with van der Waals surface area (Å²) in [5.74, 6) is 1.59. The molecular weight excluding hydrogens is 374 g/mol. The predicted molar refractivity (Wildman–Crippen MR) is 111 cm³/mol. The van der Waals surface area contributed by atoms with Crippen molar-refractivity contribution in [2.75, 3.05) is 13.6 Å². The molecule has 28 heavy (non-hydrogen) atoms. The Balaban J connectivity index is 1.75. The lowest BCUT2D eigenvalue weighted by Crippen LogP contribution is -2.38. The zero-order valence-corrected chi connectivity index (χ0v) is 18.1. The van der Waals surface area contributed by atoms with Gasteiger partial charge in [-0.25, -0.2) is 4.98 Å². The normalized spacial score (nSPS) is 11.6. The second kappa shape index (κ2) is 8.28. The molecule has 0 saturated carbocycles. The number of thiazole rings is 1. The summed E-state index contributed by atoms with van der Waals surface area (Å²) in [6, 6.07) is 4.20. The summed E-state index contributed by atoms with van der Waals surface area (Å²) in [6.45, 7) is 10.9. The van der Waals surface area contributed by atoms with Crippen molar-refractivity contribution in [2.45, 2.75) is 47.2 Å². The van der Waals surface area contributed by atoms with E-state index in [0.717, 1.165) is 39.2 Å². The van der Waals surface area contributed by atoms with Crippen molar-refractivity contribution in [2.24, 2.45) is 0 Å². The first-order chi connectivity index (χ1) is 13.2. The van der Waals surface area contributed by atoms with Crippen molar-refractivity contribution in [1.82, 2.24) is 24.9 Å². The molecule has 150 valence electrons. The molecule has 1 amide bonds. The number of rotatable bonds is 7. The molecule has 0 aliphatic carbocycles. The summed E-state index contributed by atoms with van der Waals surface area (Å²) in [5, 5.41) is 10.1. The second-order valence-corrected chi connectivity index (χ2v) is 8.38. The molecule has 3 aromatic rings. The van der Waals surface area contributed by atoms with E-state index in [1.54, 1.807) is 11.3 Å².